The predicted octanol–water partition coefficient (Wildman–Crippen LogP) is 2.28. The number of nitrogens with one attached hydrogen (secondary N) is 1. The molecule has 1 aromatic carbocycles. The molecular weight excluding hydrogens is 371 g/mol. The third-order valence-corrected chi connectivity index (χ3v) is 5.90. The molecule has 0 spiro atoms. The number of anilines is 1. The fraction of sp³-hybridized carbons (Fsp3) is 0.429. The second-order valence-corrected chi connectivity index (χ2v) is 7.82. The second-order valence-electron chi connectivity index (χ2n) is 7.82. The highest BCUT2D eigenvalue weighted by Gasteiger charge is 2.31. The molecule has 150 valence electrons. The van der Waals surface area contributed by atoms with E-state index in [1.54, 1.807) is 12.1 Å². The maximum atomic E-state index is 13.1. The molecule has 8 heteroatoms. The van der Waals surface area contributed by atoms with E-state index in [0.717, 1.165) is 55.7 Å². The van der Waals surface area contributed by atoms with Gasteiger partial charge in [0.25, 0.3) is 5.78 Å². The van der Waals surface area contributed by atoms with Crippen molar-refractivity contribution in [1.29, 1.82) is 0 Å². The number of carbonyl (C=O) groups excluding carboxylic acids is 1. The van der Waals surface area contributed by atoms with Crippen molar-refractivity contribution in [1.82, 2.24) is 24.9 Å². The fourth-order valence-corrected chi connectivity index (χ4v) is 4.45. The average Bonchev–Trinajstić information content (AvgIpc) is 3.40. The van der Waals surface area contributed by atoms with Crippen LogP contribution in [0, 0.1) is 11.7 Å². The van der Waals surface area contributed by atoms with Crippen LogP contribution in [0.3, 0.4) is 0 Å². The Morgan fingerprint density at radius 2 is 2.07 bits per heavy atom. The first-order valence-corrected chi connectivity index (χ1v) is 10.2. The molecule has 3 heterocycles. The zero-order valence-corrected chi connectivity index (χ0v) is 16.1. The number of fused-ring (bicyclic) bond motifs is 2. The van der Waals surface area contributed by atoms with Crippen molar-refractivity contribution in [2.24, 2.45) is 5.92 Å². The van der Waals surface area contributed by atoms with Crippen LogP contribution >= 0.6 is 0 Å². The number of benzene rings is 1. The Morgan fingerprint density at radius 3 is 2.93 bits per heavy atom. The van der Waals surface area contributed by atoms with E-state index in [0.29, 0.717) is 18.9 Å². The molecule has 2 aliphatic rings. The lowest BCUT2D eigenvalue weighted by atomic mass is 9.96. The Morgan fingerprint density at radius 1 is 1.21 bits per heavy atom. The first-order chi connectivity index (χ1) is 14.2. The van der Waals surface area contributed by atoms with Gasteiger partial charge in [0.15, 0.2) is 0 Å². The lowest BCUT2D eigenvalue weighted by Gasteiger charge is -2.34. The van der Waals surface area contributed by atoms with E-state index in [9.17, 15) is 9.18 Å². The molecule has 0 saturated carbocycles. The highest BCUT2D eigenvalue weighted by Crippen LogP contribution is 2.33. The van der Waals surface area contributed by atoms with E-state index >= 15 is 0 Å². The molecule has 2 aromatic heterocycles. The molecule has 1 amide bonds. The molecule has 0 radical (unpaired) electrons. The number of halogens is 1. The van der Waals surface area contributed by atoms with Gasteiger partial charge in [-0.2, -0.15) is 14.6 Å². The monoisotopic (exact) mass is 394 g/mol. The van der Waals surface area contributed by atoms with E-state index in [4.69, 9.17) is 0 Å². The highest BCUT2D eigenvalue weighted by molar-refractivity contribution is 5.79. The Balaban J connectivity index is 1.33. The minimum Gasteiger partial charge on any atom is -0.355 e. The zero-order chi connectivity index (χ0) is 19.8. The summed E-state index contributed by atoms with van der Waals surface area (Å²) >= 11 is 0. The topological polar surface area (TPSA) is 75.4 Å². The number of hydrogen-bond donors (Lipinski definition) is 1. The van der Waals surface area contributed by atoms with Crippen LogP contribution in [-0.4, -0.2) is 38.6 Å². The summed E-state index contributed by atoms with van der Waals surface area (Å²) in [4.78, 5) is 24.0. The number of amides is 1. The minimum absolute atomic E-state index is 0.0413. The number of rotatable bonds is 4. The average molecular weight is 394 g/mol. The van der Waals surface area contributed by atoms with Gasteiger partial charge in [0.1, 0.15) is 18.0 Å². The van der Waals surface area contributed by atoms with Crippen molar-refractivity contribution < 1.29 is 9.18 Å². The number of carbonyl (C=O) groups is 1. The predicted molar refractivity (Wildman–Crippen MR) is 106 cm³/mol. The minimum atomic E-state index is -0.271. The molecule has 1 N–H and O–H groups in total. The third kappa shape index (κ3) is 3.43. The van der Waals surface area contributed by atoms with Crippen LogP contribution in [0.1, 0.15) is 36.1 Å². The van der Waals surface area contributed by atoms with Gasteiger partial charge in [0.2, 0.25) is 5.91 Å². The summed E-state index contributed by atoms with van der Waals surface area (Å²) in [6.45, 7) is 1.96. The van der Waals surface area contributed by atoms with Crippen LogP contribution in [-0.2, 0) is 24.2 Å². The summed E-state index contributed by atoms with van der Waals surface area (Å²) in [6, 6.07) is 6.23. The van der Waals surface area contributed by atoms with Gasteiger partial charge in [-0.1, -0.05) is 12.1 Å². The van der Waals surface area contributed by atoms with E-state index in [1.807, 2.05) is 4.52 Å². The van der Waals surface area contributed by atoms with Crippen molar-refractivity contribution >= 4 is 17.5 Å². The Hall–Kier alpha value is -3.03. The molecule has 5 rings (SSSR count). The molecule has 0 bridgehead atoms. The van der Waals surface area contributed by atoms with E-state index < -0.39 is 0 Å². The molecule has 3 aromatic rings. The number of nitrogens with zero attached hydrogens (tertiary/aromatic N) is 5. The largest absolute Gasteiger partial charge is 0.355 e. The molecule has 1 saturated heterocycles. The molecule has 29 heavy (non-hydrogen) atoms. The Kier molecular flexibility index (Phi) is 4.61. The van der Waals surface area contributed by atoms with Crippen molar-refractivity contribution in [3.8, 4) is 0 Å². The Labute approximate surface area is 168 Å². The van der Waals surface area contributed by atoms with E-state index in [-0.39, 0.29) is 17.6 Å². The maximum Gasteiger partial charge on any atom is 0.254 e. The van der Waals surface area contributed by atoms with Gasteiger partial charge in [0, 0.05) is 25.2 Å². The van der Waals surface area contributed by atoms with Crippen molar-refractivity contribution in [2.75, 3.05) is 18.0 Å². The Bertz CT molecular complexity index is 1050. The first kappa shape index (κ1) is 18.0. The van der Waals surface area contributed by atoms with Crippen molar-refractivity contribution in [2.45, 2.75) is 38.6 Å². The second kappa shape index (κ2) is 7.42. The zero-order valence-electron chi connectivity index (χ0n) is 16.1. The van der Waals surface area contributed by atoms with Crippen LogP contribution in [0.15, 0.2) is 30.6 Å². The summed E-state index contributed by atoms with van der Waals surface area (Å²) in [5, 5.41) is 7.40. The van der Waals surface area contributed by atoms with Crippen LogP contribution in [0.5, 0.6) is 0 Å². The molecule has 1 aliphatic carbocycles. The number of piperidine rings is 1. The lowest BCUT2D eigenvalue weighted by molar-refractivity contribution is -0.125. The van der Waals surface area contributed by atoms with Crippen LogP contribution < -0.4 is 10.2 Å². The van der Waals surface area contributed by atoms with Gasteiger partial charge in [0.05, 0.1) is 11.6 Å². The van der Waals surface area contributed by atoms with Crippen LogP contribution in [0.2, 0.25) is 0 Å². The molecular formula is C21H23FN6O. The van der Waals surface area contributed by atoms with Gasteiger partial charge < -0.3 is 10.2 Å². The normalized spacial score (nSPS) is 18.8. The van der Waals surface area contributed by atoms with E-state index in [2.05, 4.69) is 25.3 Å². The smallest absolute Gasteiger partial charge is 0.254 e. The maximum absolute atomic E-state index is 13.1. The molecule has 1 aliphatic heterocycles. The third-order valence-electron chi connectivity index (χ3n) is 5.90. The van der Waals surface area contributed by atoms with Crippen LogP contribution in [0.25, 0.3) is 5.78 Å². The molecule has 1 fully saturated rings. The quantitative estimate of drug-likeness (QED) is 0.735. The standard InChI is InChI=1S/C21H23FN6O/c22-16-8-6-14(7-9-16)11-23-19(29)15-3-2-10-27(12-15)20-17-4-1-5-18(17)26-21-24-13-25-28(20)21/h6-9,13,15H,1-5,10-12H2,(H,23,29). The molecule has 1 atom stereocenters. The number of aromatic nitrogens is 4. The van der Waals surface area contributed by atoms with Crippen LogP contribution in [0.4, 0.5) is 10.2 Å². The summed E-state index contributed by atoms with van der Waals surface area (Å²) in [5.41, 5.74) is 3.25. The number of aryl methyl sites for hydroxylation is 1. The van der Waals surface area contributed by atoms with E-state index in [1.165, 1.54) is 24.0 Å². The summed E-state index contributed by atoms with van der Waals surface area (Å²) in [5.74, 6) is 1.36. The van der Waals surface area contributed by atoms with Crippen molar-refractivity contribution in [3.63, 3.8) is 0 Å². The summed E-state index contributed by atoms with van der Waals surface area (Å²) < 4.78 is 14.9. The fourth-order valence-electron chi connectivity index (χ4n) is 4.45. The summed E-state index contributed by atoms with van der Waals surface area (Å²) in [6.07, 6.45) is 6.41. The van der Waals surface area contributed by atoms with Gasteiger partial charge in [-0.3, -0.25) is 4.79 Å². The van der Waals surface area contributed by atoms with Crippen molar-refractivity contribution in [3.05, 3.63) is 53.2 Å². The summed E-state index contributed by atoms with van der Waals surface area (Å²) in [7, 11) is 0. The lowest BCUT2D eigenvalue weighted by Crippen LogP contribution is -2.44. The SMILES string of the molecule is O=C(NCc1ccc(F)cc1)C1CCCN(c2c3c(nc4ncnn24)CCC3)C1. The highest BCUT2D eigenvalue weighted by atomic mass is 19.1. The van der Waals surface area contributed by atoms with Gasteiger partial charge in [-0.05, 0) is 49.8 Å². The number of hydrogen-bond acceptors (Lipinski definition) is 5. The van der Waals surface area contributed by atoms with Gasteiger partial charge >= 0.3 is 0 Å². The van der Waals surface area contributed by atoms with Gasteiger partial charge in [-0.15, -0.1) is 0 Å². The first-order valence-electron chi connectivity index (χ1n) is 10.2. The van der Waals surface area contributed by atoms with Gasteiger partial charge in [-0.25, -0.2) is 9.37 Å². The molecule has 1 unspecified atom stereocenters. The molecule has 7 nitrogen and oxygen atoms in total.